The largest absolute Gasteiger partial charge is 0.444 e. The van der Waals surface area contributed by atoms with Gasteiger partial charge in [0.25, 0.3) is 0 Å². The Hall–Kier alpha value is -1.10. The Morgan fingerprint density at radius 3 is 2.16 bits per heavy atom. The smallest absolute Gasteiger partial charge is 0.407 e. The van der Waals surface area contributed by atoms with E-state index in [1.165, 1.54) is 0 Å². The third-order valence-corrected chi connectivity index (χ3v) is 3.30. The van der Waals surface area contributed by atoms with Gasteiger partial charge in [0.15, 0.2) is 5.78 Å². The molecule has 0 aromatic carbocycles. The predicted octanol–water partition coefficient (Wildman–Crippen LogP) is 1.99. The molecule has 0 aliphatic heterocycles. The summed E-state index contributed by atoms with van der Waals surface area (Å²) in [6.07, 6.45) is 2.82. The van der Waals surface area contributed by atoms with Crippen LogP contribution in [-0.2, 0) is 9.53 Å². The van der Waals surface area contributed by atoms with Crippen molar-refractivity contribution in [3.05, 3.63) is 0 Å². The molecule has 5 heteroatoms. The zero-order chi connectivity index (χ0) is 14.6. The molecule has 0 bridgehead atoms. The van der Waals surface area contributed by atoms with Crippen molar-refractivity contribution in [3.63, 3.8) is 0 Å². The van der Waals surface area contributed by atoms with Gasteiger partial charge in [0.2, 0.25) is 0 Å². The number of hydrogen-bond donors (Lipinski definition) is 2. The van der Waals surface area contributed by atoms with E-state index in [1.54, 1.807) is 6.92 Å². The van der Waals surface area contributed by atoms with Crippen LogP contribution in [0.2, 0.25) is 0 Å². The number of Topliss-reactive ketones (excluding diaryl/α,β-unsaturated/α-hetero) is 1. The van der Waals surface area contributed by atoms with Gasteiger partial charge >= 0.3 is 6.09 Å². The second-order valence-electron chi connectivity index (χ2n) is 6.39. The van der Waals surface area contributed by atoms with Crippen molar-refractivity contribution in [1.82, 2.24) is 5.32 Å². The fourth-order valence-electron chi connectivity index (χ4n) is 2.37. The molecule has 1 aliphatic carbocycles. The van der Waals surface area contributed by atoms with Gasteiger partial charge in [-0.1, -0.05) is 0 Å². The molecule has 0 aromatic heterocycles. The minimum Gasteiger partial charge on any atom is -0.444 e. The fraction of sp³-hybridized carbons (Fsp3) is 0.857. The van der Waals surface area contributed by atoms with E-state index in [4.69, 9.17) is 10.5 Å². The van der Waals surface area contributed by atoms with Gasteiger partial charge < -0.3 is 15.8 Å². The van der Waals surface area contributed by atoms with E-state index in [2.05, 4.69) is 5.32 Å². The molecule has 0 saturated heterocycles. The lowest BCUT2D eigenvalue weighted by molar-refractivity contribution is -0.124. The number of hydrogen-bond acceptors (Lipinski definition) is 4. The summed E-state index contributed by atoms with van der Waals surface area (Å²) >= 11 is 0. The van der Waals surface area contributed by atoms with Crippen molar-refractivity contribution in [1.29, 1.82) is 0 Å². The quantitative estimate of drug-likeness (QED) is 0.821. The number of ketones is 1. The van der Waals surface area contributed by atoms with Gasteiger partial charge in [0.1, 0.15) is 5.60 Å². The van der Waals surface area contributed by atoms with E-state index in [-0.39, 0.29) is 29.9 Å². The third-order valence-electron chi connectivity index (χ3n) is 3.30. The van der Waals surface area contributed by atoms with E-state index in [0.29, 0.717) is 0 Å². The molecule has 0 spiro atoms. The summed E-state index contributed by atoms with van der Waals surface area (Å²) < 4.78 is 5.22. The number of nitrogens with two attached hydrogens (primary N) is 1. The molecule has 0 aromatic rings. The highest BCUT2D eigenvalue weighted by atomic mass is 16.6. The average molecular weight is 270 g/mol. The molecule has 1 rings (SSSR count). The number of rotatable bonds is 3. The lowest BCUT2D eigenvalue weighted by Gasteiger charge is -2.30. The molecule has 1 fully saturated rings. The van der Waals surface area contributed by atoms with Crippen LogP contribution < -0.4 is 11.1 Å². The van der Waals surface area contributed by atoms with E-state index >= 15 is 0 Å². The van der Waals surface area contributed by atoms with Gasteiger partial charge in [0.05, 0.1) is 6.04 Å². The molecular weight excluding hydrogens is 244 g/mol. The summed E-state index contributed by atoms with van der Waals surface area (Å²) in [6.45, 7) is 7.24. The first-order chi connectivity index (χ1) is 8.69. The highest BCUT2D eigenvalue weighted by Gasteiger charge is 2.29. The number of carbonyl (C=O) groups excluding carboxylic acids is 2. The zero-order valence-corrected chi connectivity index (χ0v) is 12.4. The average Bonchev–Trinajstić information content (AvgIpc) is 2.26. The SMILES string of the molecule is CC(N)C(=O)C1CCC(NC(=O)OC(C)(C)C)CC1. The van der Waals surface area contributed by atoms with Crippen LogP contribution in [0.4, 0.5) is 4.79 Å². The van der Waals surface area contributed by atoms with Crippen LogP contribution >= 0.6 is 0 Å². The summed E-state index contributed by atoms with van der Waals surface area (Å²) in [4.78, 5) is 23.4. The molecule has 0 radical (unpaired) electrons. The van der Waals surface area contributed by atoms with Gasteiger partial charge in [0, 0.05) is 12.0 Å². The van der Waals surface area contributed by atoms with E-state index in [1.807, 2.05) is 20.8 Å². The predicted molar refractivity (Wildman–Crippen MR) is 73.8 cm³/mol. The molecule has 5 nitrogen and oxygen atoms in total. The highest BCUT2D eigenvalue weighted by molar-refractivity contribution is 5.85. The van der Waals surface area contributed by atoms with Gasteiger partial charge in [-0.05, 0) is 53.4 Å². The maximum absolute atomic E-state index is 11.8. The van der Waals surface area contributed by atoms with E-state index in [0.717, 1.165) is 25.7 Å². The second kappa shape index (κ2) is 6.37. The molecule has 1 aliphatic rings. The minimum atomic E-state index is -0.480. The summed E-state index contributed by atoms with van der Waals surface area (Å²) in [5.41, 5.74) is 5.13. The number of nitrogens with one attached hydrogen (secondary N) is 1. The Kier molecular flexibility index (Phi) is 5.35. The van der Waals surface area contributed by atoms with Crippen molar-refractivity contribution in [2.45, 2.75) is 71.1 Å². The molecule has 1 atom stereocenters. The first kappa shape index (κ1) is 16.0. The van der Waals surface area contributed by atoms with Crippen LogP contribution in [0.1, 0.15) is 53.4 Å². The minimum absolute atomic E-state index is 0.0525. The monoisotopic (exact) mass is 270 g/mol. The summed E-state index contributed by atoms with van der Waals surface area (Å²) in [5, 5.41) is 2.86. The third kappa shape index (κ3) is 5.59. The molecule has 1 amide bonds. The van der Waals surface area contributed by atoms with Crippen molar-refractivity contribution in [2.24, 2.45) is 11.7 Å². The van der Waals surface area contributed by atoms with Crippen LogP contribution in [0, 0.1) is 5.92 Å². The highest BCUT2D eigenvalue weighted by Crippen LogP contribution is 2.26. The number of alkyl carbamates (subject to hydrolysis) is 1. The Bertz CT molecular complexity index is 326. The summed E-state index contributed by atoms with van der Waals surface area (Å²) in [6, 6.07) is -0.285. The standard InChI is InChI=1S/C14H26N2O3/c1-9(15)12(17)10-5-7-11(8-6-10)16-13(18)19-14(2,3)4/h9-11H,5-8,15H2,1-4H3,(H,16,18). The maximum atomic E-state index is 11.8. The topological polar surface area (TPSA) is 81.4 Å². The van der Waals surface area contributed by atoms with Crippen LogP contribution in [0.3, 0.4) is 0 Å². The Balaban J connectivity index is 2.34. The fourth-order valence-corrected chi connectivity index (χ4v) is 2.37. The number of ether oxygens (including phenoxy) is 1. The zero-order valence-electron chi connectivity index (χ0n) is 12.4. The van der Waals surface area contributed by atoms with Crippen LogP contribution in [-0.4, -0.2) is 29.6 Å². The summed E-state index contributed by atoms with van der Waals surface area (Å²) in [7, 11) is 0. The molecular formula is C14H26N2O3. The van der Waals surface area contributed by atoms with E-state index < -0.39 is 5.60 Å². The molecule has 1 saturated carbocycles. The van der Waals surface area contributed by atoms with Crippen molar-refractivity contribution < 1.29 is 14.3 Å². The molecule has 3 N–H and O–H groups in total. The lowest BCUT2D eigenvalue weighted by atomic mass is 9.82. The Labute approximate surface area is 115 Å². The normalized spacial score (nSPS) is 25.5. The molecule has 19 heavy (non-hydrogen) atoms. The first-order valence-electron chi connectivity index (χ1n) is 6.98. The van der Waals surface area contributed by atoms with Gasteiger partial charge in [-0.2, -0.15) is 0 Å². The number of amides is 1. The van der Waals surface area contributed by atoms with Gasteiger partial charge in [-0.25, -0.2) is 4.79 Å². The van der Waals surface area contributed by atoms with Crippen LogP contribution in [0.15, 0.2) is 0 Å². The Morgan fingerprint density at radius 2 is 1.74 bits per heavy atom. The lowest BCUT2D eigenvalue weighted by Crippen LogP contribution is -2.43. The van der Waals surface area contributed by atoms with Gasteiger partial charge in [-0.15, -0.1) is 0 Å². The van der Waals surface area contributed by atoms with Crippen molar-refractivity contribution in [2.75, 3.05) is 0 Å². The second-order valence-corrected chi connectivity index (χ2v) is 6.39. The first-order valence-corrected chi connectivity index (χ1v) is 6.98. The van der Waals surface area contributed by atoms with Crippen LogP contribution in [0.25, 0.3) is 0 Å². The van der Waals surface area contributed by atoms with Crippen LogP contribution in [0.5, 0.6) is 0 Å². The molecule has 110 valence electrons. The van der Waals surface area contributed by atoms with Gasteiger partial charge in [-0.3, -0.25) is 4.79 Å². The summed E-state index contributed by atoms with van der Waals surface area (Å²) in [5.74, 6) is 0.187. The number of carbonyl (C=O) groups is 2. The van der Waals surface area contributed by atoms with Crippen molar-refractivity contribution >= 4 is 11.9 Å². The van der Waals surface area contributed by atoms with E-state index in [9.17, 15) is 9.59 Å². The Morgan fingerprint density at radius 1 is 1.21 bits per heavy atom. The van der Waals surface area contributed by atoms with Crippen molar-refractivity contribution in [3.8, 4) is 0 Å². The molecule has 0 heterocycles. The maximum Gasteiger partial charge on any atom is 0.407 e. The molecule has 1 unspecified atom stereocenters.